The maximum absolute atomic E-state index is 9.52. The van der Waals surface area contributed by atoms with Crippen LogP contribution in [0.4, 0.5) is 0 Å². The van der Waals surface area contributed by atoms with Crippen molar-refractivity contribution in [2.45, 2.75) is 38.6 Å². The first-order chi connectivity index (χ1) is 14.2. The largest absolute Gasteiger partial charge is 0.395 e. The molecule has 2 aromatic carbocycles. The Morgan fingerprint density at radius 1 is 1.17 bits per heavy atom. The molecule has 4 heteroatoms. The molecule has 0 spiro atoms. The Morgan fingerprint density at radius 3 is 2.83 bits per heavy atom. The van der Waals surface area contributed by atoms with Crippen molar-refractivity contribution in [2.75, 3.05) is 13.2 Å². The van der Waals surface area contributed by atoms with Crippen LogP contribution in [0.15, 0.2) is 48.5 Å². The number of rotatable bonds is 7. The first-order valence-corrected chi connectivity index (χ1v) is 11.2. The highest BCUT2D eigenvalue weighted by atomic mass is 32.1. The summed E-state index contributed by atoms with van der Waals surface area (Å²) in [6.07, 6.45) is 4.13. The molecule has 148 valence electrons. The average molecular weight is 403 g/mol. The third-order valence-corrected chi connectivity index (χ3v) is 6.85. The van der Waals surface area contributed by atoms with Crippen molar-refractivity contribution in [3.05, 3.63) is 70.8 Å². The molecule has 0 bridgehead atoms. The van der Waals surface area contributed by atoms with Gasteiger partial charge < -0.3 is 10.4 Å². The van der Waals surface area contributed by atoms with Gasteiger partial charge in [-0.05, 0) is 65.3 Å². The number of fused-ring (bicyclic) bond motifs is 1. The van der Waals surface area contributed by atoms with Gasteiger partial charge in [-0.15, -0.1) is 11.3 Å². The molecule has 29 heavy (non-hydrogen) atoms. The average Bonchev–Trinajstić information content (AvgIpc) is 3.40. The number of nitrogens with zero attached hydrogens (tertiary/aromatic N) is 1. The lowest BCUT2D eigenvalue weighted by Crippen LogP contribution is -2.22. The first-order valence-electron chi connectivity index (χ1n) is 10.3. The van der Waals surface area contributed by atoms with Gasteiger partial charge in [0.15, 0.2) is 0 Å². The second-order valence-electron chi connectivity index (χ2n) is 7.54. The molecule has 1 aromatic heterocycles. The van der Waals surface area contributed by atoms with Gasteiger partial charge in [0.25, 0.3) is 0 Å². The van der Waals surface area contributed by atoms with Crippen LogP contribution in [-0.2, 0) is 12.8 Å². The van der Waals surface area contributed by atoms with Crippen molar-refractivity contribution in [1.29, 1.82) is 5.26 Å². The topological polar surface area (TPSA) is 56.0 Å². The van der Waals surface area contributed by atoms with Crippen LogP contribution in [0, 0.1) is 11.3 Å². The molecule has 1 unspecified atom stereocenters. The highest BCUT2D eigenvalue weighted by Gasteiger charge is 2.24. The molecule has 0 saturated carbocycles. The molecule has 3 aromatic rings. The minimum atomic E-state index is 0.168. The Kier molecular flexibility index (Phi) is 6.10. The smallest absolute Gasteiger partial charge is 0.0994 e. The molecule has 1 heterocycles. The second kappa shape index (κ2) is 8.92. The fourth-order valence-corrected chi connectivity index (χ4v) is 5.35. The van der Waals surface area contributed by atoms with Crippen molar-refractivity contribution in [2.24, 2.45) is 0 Å². The fraction of sp³-hybridized carbons (Fsp3) is 0.320. The second-order valence-corrected chi connectivity index (χ2v) is 8.62. The number of aliphatic hydroxyl groups excluding tert-OH is 1. The molecule has 0 saturated heterocycles. The van der Waals surface area contributed by atoms with Gasteiger partial charge in [-0.1, -0.05) is 43.7 Å². The highest BCUT2D eigenvalue weighted by molar-refractivity contribution is 7.18. The molecule has 4 rings (SSSR count). The van der Waals surface area contributed by atoms with E-state index >= 15 is 0 Å². The summed E-state index contributed by atoms with van der Waals surface area (Å²) in [7, 11) is 0. The maximum atomic E-state index is 9.52. The van der Waals surface area contributed by atoms with Crippen molar-refractivity contribution in [1.82, 2.24) is 5.32 Å². The zero-order valence-electron chi connectivity index (χ0n) is 16.7. The van der Waals surface area contributed by atoms with E-state index in [9.17, 15) is 5.26 Å². The normalized spacial score (nSPS) is 15.3. The number of hydrogen-bond donors (Lipinski definition) is 2. The van der Waals surface area contributed by atoms with E-state index in [1.807, 2.05) is 6.07 Å². The van der Waals surface area contributed by atoms with Gasteiger partial charge >= 0.3 is 0 Å². The summed E-state index contributed by atoms with van der Waals surface area (Å²) in [5, 5.41) is 22.1. The van der Waals surface area contributed by atoms with Crippen molar-refractivity contribution in [3.8, 4) is 27.0 Å². The SMILES string of the molecule is CCCc1ccc(-c2ccc(-c3cccc4c3CCC4NCCO)s2)cc1C#N. The Hall–Kier alpha value is -2.45. The summed E-state index contributed by atoms with van der Waals surface area (Å²) in [4.78, 5) is 2.47. The van der Waals surface area contributed by atoms with Crippen LogP contribution in [0.25, 0.3) is 20.9 Å². The van der Waals surface area contributed by atoms with E-state index in [4.69, 9.17) is 5.11 Å². The number of benzene rings is 2. The Balaban J connectivity index is 1.64. The molecule has 0 aliphatic heterocycles. The van der Waals surface area contributed by atoms with Crippen LogP contribution in [0.5, 0.6) is 0 Å². The van der Waals surface area contributed by atoms with Crippen LogP contribution in [0.2, 0.25) is 0 Å². The van der Waals surface area contributed by atoms with Gasteiger partial charge in [0.1, 0.15) is 0 Å². The zero-order valence-corrected chi connectivity index (χ0v) is 17.6. The minimum absolute atomic E-state index is 0.168. The molecule has 3 nitrogen and oxygen atoms in total. The first kappa shape index (κ1) is 19.8. The van der Waals surface area contributed by atoms with E-state index in [-0.39, 0.29) is 6.61 Å². The lowest BCUT2D eigenvalue weighted by atomic mass is 10.00. The van der Waals surface area contributed by atoms with Crippen LogP contribution < -0.4 is 5.32 Å². The van der Waals surface area contributed by atoms with Gasteiger partial charge in [0.2, 0.25) is 0 Å². The summed E-state index contributed by atoms with van der Waals surface area (Å²) in [6.45, 7) is 2.94. The zero-order chi connectivity index (χ0) is 20.2. The summed E-state index contributed by atoms with van der Waals surface area (Å²) in [5.74, 6) is 0. The minimum Gasteiger partial charge on any atom is -0.395 e. The number of aryl methyl sites for hydroxylation is 1. The van der Waals surface area contributed by atoms with Crippen molar-refractivity contribution >= 4 is 11.3 Å². The van der Waals surface area contributed by atoms with Gasteiger partial charge in [-0.3, -0.25) is 0 Å². The number of hydrogen-bond acceptors (Lipinski definition) is 4. The lowest BCUT2D eigenvalue weighted by Gasteiger charge is -2.13. The van der Waals surface area contributed by atoms with E-state index in [1.165, 1.54) is 26.4 Å². The van der Waals surface area contributed by atoms with Crippen molar-refractivity contribution < 1.29 is 5.11 Å². The predicted octanol–water partition coefficient (Wildman–Crippen LogP) is 5.48. The van der Waals surface area contributed by atoms with Crippen LogP contribution in [0.3, 0.4) is 0 Å². The van der Waals surface area contributed by atoms with E-state index in [2.05, 4.69) is 60.8 Å². The Bertz CT molecular complexity index is 1050. The Labute approximate surface area is 176 Å². The third kappa shape index (κ3) is 4.00. The molecule has 1 aliphatic carbocycles. The highest BCUT2D eigenvalue weighted by Crippen LogP contribution is 2.41. The van der Waals surface area contributed by atoms with E-state index < -0.39 is 0 Å². The van der Waals surface area contributed by atoms with E-state index in [0.717, 1.165) is 42.4 Å². The predicted molar refractivity (Wildman–Crippen MR) is 120 cm³/mol. The van der Waals surface area contributed by atoms with E-state index in [0.29, 0.717) is 12.6 Å². The summed E-state index contributed by atoms with van der Waals surface area (Å²) >= 11 is 1.79. The van der Waals surface area contributed by atoms with Gasteiger partial charge in [-0.2, -0.15) is 5.26 Å². The number of thiophene rings is 1. The molecule has 0 fully saturated rings. The van der Waals surface area contributed by atoms with Crippen LogP contribution >= 0.6 is 11.3 Å². The number of nitrogens with one attached hydrogen (secondary N) is 1. The fourth-order valence-electron chi connectivity index (χ4n) is 4.29. The molecule has 1 atom stereocenters. The summed E-state index contributed by atoms with van der Waals surface area (Å²) in [6, 6.07) is 19.9. The maximum Gasteiger partial charge on any atom is 0.0994 e. The molecule has 0 radical (unpaired) electrons. The summed E-state index contributed by atoms with van der Waals surface area (Å²) < 4.78 is 0. The van der Waals surface area contributed by atoms with E-state index in [1.54, 1.807) is 11.3 Å². The summed E-state index contributed by atoms with van der Waals surface area (Å²) in [5.41, 5.74) is 7.15. The lowest BCUT2D eigenvalue weighted by molar-refractivity contribution is 0.284. The van der Waals surface area contributed by atoms with Crippen LogP contribution in [-0.4, -0.2) is 18.3 Å². The third-order valence-electron chi connectivity index (χ3n) is 5.68. The van der Waals surface area contributed by atoms with Crippen molar-refractivity contribution in [3.63, 3.8) is 0 Å². The molecule has 2 N–H and O–H groups in total. The van der Waals surface area contributed by atoms with Gasteiger partial charge in [-0.25, -0.2) is 0 Å². The molecular formula is C25H26N2OS. The Morgan fingerprint density at radius 2 is 2.03 bits per heavy atom. The quantitative estimate of drug-likeness (QED) is 0.550. The van der Waals surface area contributed by atoms with Gasteiger partial charge in [0.05, 0.1) is 18.2 Å². The number of aliphatic hydroxyl groups is 1. The standard InChI is InChI=1S/C25H26N2OS/c1-2-4-17-7-8-18(15-19(17)16-26)24-11-12-25(29-24)22-6-3-5-21-20(22)9-10-23(21)27-13-14-28/h3,5-8,11-12,15,23,27-28H,2,4,9-10,13-14H2,1H3. The van der Waals surface area contributed by atoms with Gasteiger partial charge in [0, 0.05) is 22.3 Å². The molecule has 1 aliphatic rings. The molecule has 0 amide bonds. The number of nitriles is 1. The molecular weight excluding hydrogens is 376 g/mol. The van der Waals surface area contributed by atoms with Crippen LogP contribution in [0.1, 0.15) is 48.1 Å². The monoisotopic (exact) mass is 402 g/mol.